The van der Waals surface area contributed by atoms with E-state index in [0.717, 1.165) is 12.3 Å². The Morgan fingerprint density at radius 3 is 2.24 bits per heavy atom. The maximum absolute atomic E-state index is 12.4. The maximum atomic E-state index is 12.4. The molecule has 0 saturated carbocycles. The molecule has 0 aliphatic carbocycles. The Hall–Kier alpha value is -2.08. The van der Waals surface area contributed by atoms with Gasteiger partial charge >= 0.3 is 0 Å². The number of carbonyl (C=O) groups excluding carboxylic acids is 2. The predicted octanol–water partition coefficient (Wildman–Crippen LogP) is 1.95. The highest BCUT2D eigenvalue weighted by molar-refractivity contribution is 5.97. The summed E-state index contributed by atoms with van der Waals surface area (Å²) in [5.41, 5.74) is 0.503. The number of rotatable bonds is 10. The molecule has 0 fully saturated rings. The van der Waals surface area contributed by atoms with E-state index in [9.17, 15) is 9.59 Å². The molecule has 1 aromatic carbocycles. The maximum Gasteiger partial charge on any atom is 0.251 e. The van der Waals surface area contributed by atoms with E-state index in [1.807, 2.05) is 34.6 Å². The highest BCUT2D eigenvalue weighted by atomic mass is 16.5. The van der Waals surface area contributed by atoms with Crippen molar-refractivity contribution < 1.29 is 14.3 Å². The number of hydrogen-bond acceptors (Lipinski definition) is 4. The normalized spacial score (nSPS) is 13.2. The van der Waals surface area contributed by atoms with Gasteiger partial charge in [-0.25, -0.2) is 0 Å². The molecule has 0 heterocycles. The van der Waals surface area contributed by atoms with Gasteiger partial charge in [0.15, 0.2) is 0 Å². The number of amides is 2. The van der Waals surface area contributed by atoms with Crippen molar-refractivity contribution in [3.8, 4) is 5.75 Å². The smallest absolute Gasteiger partial charge is 0.251 e. The van der Waals surface area contributed by atoms with E-state index in [0.29, 0.717) is 18.7 Å². The minimum Gasteiger partial charge on any atom is -0.494 e. The average Bonchev–Trinajstić information content (AvgIpc) is 2.58. The van der Waals surface area contributed by atoms with Crippen molar-refractivity contribution >= 4 is 11.8 Å². The third kappa shape index (κ3) is 7.13. The van der Waals surface area contributed by atoms with Crippen LogP contribution < -0.4 is 20.7 Å². The van der Waals surface area contributed by atoms with Crippen LogP contribution in [0.15, 0.2) is 24.3 Å². The zero-order valence-corrected chi connectivity index (χ0v) is 15.9. The molecule has 140 valence electrons. The Bertz CT molecular complexity index is 543. The minimum absolute atomic E-state index is 0.0129. The molecule has 2 atom stereocenters. The van der Waals surface area contributed by atoms with Gasteiger partial charge in [-0.15, -0.1) is 0 Å². The van der Waals surface area contributed by atoms with Crippen LogP contribution in [-0.4, -0.2) is 43.6 Å². The van der Waals surface area contributed by atoms with Crippen LogP contribution in [0.2, 0.25) is 0 Å². The minimum atomic E-state index is -0.576. The van der Waals surface area contributed by atoms with Gasteiger partial charge in [-0.2, -0.15) is 0 Å². The summed E-state index contributed by atoms with van der Waals surface area (Å²) in [4.78, 5) is 24.9. The summed E-state index contributed by atoms with van der Waals surface area (Å²) in [5.74, 6) is 0.270. The van der Waals surface area contributed by atoms with Crippen molar-refractivity contribution in [1.29, 1.82) is 0 Å². The van der Waals surface area contributed by atoms with Crippen LogP contribution in [0.1, 0.15) is 45.0 Å². The molecule has 2 amide bonds. The number of hydrogen-bond donors (Lipinski definition) is 3. The molecule has 0 bridgehead atoms. The summed E-state index contributed by atoms with van der Waals surface area (Å²) < 4.78 is 5.37. The fourth-order valence-corrected chi connectivity index (χ4v) is 2.41. The number of carbonyl (C=O) groups is 2. The van der Waals surface area contributed by atoms with E-state index < -0.39 is 6.04 Å². The molecule has 0 radical (unpaired) electrons. The van der Waals surface area contributed by atoms with Gasteiger partial charge in [-0.3, -0.25) is 9.59 Å². The Labute approximate surface area is 150 Å². The summed E-state index contributed by atoms with van der Waals surface area (Å²) in [7, 11) is 0. The average molecular weight is 349 g/mol. The van der Waals surface area contributed by atoms with Crippen LogP contribution in [0.5, 0.6) is 5.75 Å². The molecule has 3 N–H and O–H groups in total. The molecule has 0 aliphatic heterocycles. The SMILES string of the molecule is CCN[C@H](C)CNC(=O)C(NC(=O)c1ccc(OCC)cc1)C(C)C. The fraction of sp³-hybridized carbons (Fsp3) is 0.579. The van der Waals surface area contributed by atoms with Crippen LogP contribution in [0, 0.1) is 5.92 Å². The Balaban J connectivity index is 2.66. The van der Waals surface area contributed by atoms with E-state index in [4.69, 9.17) is 4.74 Å². The second kappa shape index (κ2) is 10.7. The van der Waals surface area contributed by atoms with E-state index in [-0.39, 0.29) is 23.8 Å². The van der Waals surface area contributed by atoms with Crippen LogP contribution in [-0.2, 0) is 4.79 Å². The third-order valence-electron chi connectivity index (χ3n) is 3.80. The third-order valence-corrected chi connectivity index (χ3v) is 3.80. The molecule has 0 spiro atoms. The van der Waals surface area contributed by atoms with E-state index in [1.165, 1.54) is 0 Å². The molecular weight excluding hydrogens is 318 g/mol. The molecule has 1 unspecified atom stereocenters. The van der Waals surface area contributed by atoms with Gasteiger partial charge < -0.3 is 20.7 Å². The van der Waals surface area contributed by atoms with Crippen molar-refractivity contribution in [2.24, 2.45) is 5.92 Å². The summed E-state index contributed by atoms with van der Waals surface area (Å²) in [5, 5.41) is 8.96. The first-order valence-electron chi connectivity index (χ1n) is 8.93. The van der Waals surface area contributed by atoms with Crippen LogP contribution in [0.3, 0.4) is 0 Å². The highest BCUT2D eigenvalue weighted by Gasteiger charge is 2.24. The first kappa shape index (κ1) is 21.0. The molecule has 6 nitrogen and oxygen atoms in total. The molecular formula is C19H31N3O3. The molecule has 1 rings (SSSR count). The van der Waals surface area contributed by atoms with E-state index in [1.54, 1.807) is 24.3 Å². The zero-order valence-electron chi connectivity index (χ0n) is 15.9. The standard InChI is InChI=1S/C19H31N3O3/c1-6-20-14(5)12-21-19(24)17(13(3)4)22-18(23)15-8-10-16(11-9-15)25-7-2/h8-11,13-14,17,20H,6-7,12H2,1-5H3,(H,21,24)(H,22,23)/t14-,17?/m1/s1. The van der Waals surface area contributed by atoms with Crippen molar-refractivity contribution in [2.45, 2.75) is 46.7 Å². The predicted molar refractivity (Wildman–Crippen MR) is 99.9 cm³/mol. The topological polar surface area (TPSA) is 79.5 Å². The second-order valence-electron chi connectivity index (χ2n) is 6.36. The molecule has 0 aromatic heterocycles. The lowest BCUT2D eigenvalue weighted by atomic mass is 10.0. The van der Waals surface area contributed by atoms with E-state index >= 15 is 0 Å². The molecule has 0 saturated heterocycles. The summed E-state index contributed by atoms with van der Waals surface area (Å²) in [6.45, 7) is 11.7. The van der Waals surface area contributed by atoms with Gasteiger partial charge in [-0.1, -0.05) is 20.8 Å². The molecule has 1 aromatic rings. The van der Waals surface area contributed by atoms with Crippen molar-refractivity contribution in [1.82, 2.24) is 16.0 Å². The first-order chi connectivity index (χ1) is 11.9. The number of likely N-dealkylation sites (N-methyl/N-ethyl adjacent to an activating group) is 1. The van der Waals surface area contributed by atoms with E-state index in [2.05, 4.69) is 16.0 Å². The molecule has 0 aliphatic rings. The molecule has 6 heteroatoms. The Kier molecular flexibility index (Phi) is 8.99. The summed E-state index contributed by atoms with van der Waals surface area (Å²) >= 11 is 0. The Morgan fingerprint density at radius 2 is 1.72 bits per heavy atom. The second-order valence-corrected chi connectivity index (χ2v) is 6.36. The Morgan fingerprint density at radius 1 is 1.08 bits per heavy atom. The van der Waals surface area contributed by atoms with Gasteiger partial charge in [0.05, 0.1) is 6.61 Å². The van der Waals surface area contributed by atoms with Crippen molar-refractivity contribution in [3.05, 3.63) is 29.8 Å². The lowest BCUT2D eigenvalue weighted by Crippen LogP contribution is -2.51. The number of nitrogens with one attached hydrogen (secondary N) is 3. The summed E-state index contributed by atoms with van der Waals surface area (Å²) in [6, 6.07) is 6.50. The fourth-order valence-electron chi connectivity index (χ4n) is 2.41. The van der Waals surface area contributed by atoms with Gasteiger partial charge in [0.25, 0.3) is 5.91 Å². The lowest BCUT2D eigenvalue weighted by molar-refractivity contribution is -0.124. The monoisotopic (exact) mass is 349 g/mol. The van der Waals surface area contributed by atoms with Crippen LogP contribution in [0.4, 0.5) is 0 Å². The van der Waals surface area contributed by atoms with Gasteiger partial charge in [-0.05, 0) is 50.6 Å². The molecule has 25 heavy (non-hydrogen) atoms. The number of ether oxygens (including phenoxy) is 1. The largest absolute Gasteiger partial charge is 0.494 e. The number of benzene rings is 1. The quantitative estimate of drug-likeness (QED) is 0.603. The van der Waals surface area contributed by atoms with Crippen LogP contribution >= 0.6 is 0 Å². The highest BCUT2D eigenvalue weighted by Crippen LogP contribution is 2.13. The van der Waals surface area contributed by atoms with Gasteiger partial charge in [0.1, 0.15) is 11.8 Å². The lowest BCUT2D eigenvalue weighted by Gasteiger charge is -2.23. The first-order valence-corrected chi connectivity index (χ1v) is 8.93. The summed E-state index contributed by atoms with van der Waals surface area (Å²) in [6.07, 6.45) is 0. The van der Waals surface area contributed by atoms with Crippen molar-refractivity contribution in [2.75, 3.05) is 19.7 Å². The van der Waals surface area contributed by atoms with Crippen LogP contribution in [0.25, 0.3) is 0 Å². The van der Waals surface area contributed by atoms with Gasteiger partial charge in [0.2, 0.25) is 5.91 Å². The van der Waals surface area contributed by atoms with Gasteiger partial charge in [0, 0.05) is 18.2 Å². The van der Waals surface area contributed by atoms with Crippen molar-refractivity contribution in [3.63, 3.8) is 0 Å². The zero-order chi connectivity index (χ0) is 18.8.